The lowest BCUT2D eigenvalue weighted by Gasteiger charge is -2.14. The number of carboxylic acids is 1. The molecule has 3 aromatic rings. The van der Waals surface area contributed by atoms with E-state index < -0.39 is 13.3 Å². The topological polar surface area (TPSA) is 104 Å². The van der Waals surface area contributed by atoms with Crippen LogP contribution >= 0.6 is 39.2 Å². The first-order valence-corrected chi connectivity index (χ1v) is 13.0. The normalized spacial score (nSPS) is 12.9. The minimum atomic E-state index is -3.21. The van der Waals surface area contributed by atoms with Crippen molar-refractivity contribution in [3.63, 3.8) is 0 Å². The van der Waals surface area contributed by atoms with Crippen molar-refractivity contribution < 1.29 is 29.2 Å². The molecule has 0 radical (unpaired) electrons. The Morgan fingerprint density at radius 3 is 2.32 bits per heavy atom. The van der Waals surface area contributed by atoms with Crippen LogP contribution in [0.3, 0.4) is 0 Å². The molecule has 3 rings (SSSR count). The second kappa shape index (κ2) is 9.57. The summed E-state index contributed by atoms with van der Waals surface area (Å²) in [6.45, 7) is 1.31. The van der Waals surface area contributed by atoms with E-state index in [0.717, 1.165) is 5.56 Å². The number of phenolic OH excluding ortho intramolecular Hbond substituents is 1. The maximum Gasteiger partial charge on any atom is 0.335 e. The fraction of sp³-hybridized carbons (Fsp3) is 0.136. The number of hydrogen-bond acceptors (Lipinski definition) is 4. The fourth-order valence-electron chi connectivity index (χ4n) is 3.06. The Bertz CT molecular complexity index is 1170. The lowest BCUT2D eigenvalue weighted by molar-refractivity contribution is 0.0696. The molecule has 0 fully saturated rings. The third kappa shape index (κ3) is 6.43. The Morgan fingerprint density at radius 2 is 1.71 bits per heavy atom. The van der Waals surface area contributed by atoms with Crippen molar-refractivity contribution in [1.29, 1.82) is 0 Å². The third-order valence-corrected chi connectivity index (χ3v) is 6.50. The number of aromatic carboxylic acids is 1. The van der Waals surface area contributed by atoms with Crippen molar-refractivity contribution in [2.45, 2.75) is 12.6 Å². The van der Waals surface area contributed by atoms with E-state index in [9.17, 15) is 19.4 Å². The predicted octanol–water partition coefficient (Wildman–Crippen LogP) is 6.40. The van der Waals surface area contributed by atoms with Gasteiger partial charge in [0.25, 0.3) is 0 Å². The zero-order valence-electron chi connectivity index (χ0n) is 16.4. The van der Waals surface area contributed by atoms with Gasteiger partial charge in [-0.3, -0.25) is 4.57 Å². The highest BCUT2D eigenvalue weighted by Crippen LogP contribution is 2.44. The molecule has 0 aromatic heterocycles. The molecule has 9 heteroatoms. The Labute approximate surface area is 196 Å². The molecule has 0 spiro atoms. The van der Waals surface area contributed by atoms with E-state index in [1.807, 2.05) is 0 Å². The predicted molar refractivity (Wildman–Crippen MR) is 126 cm³/mol. The van der Waals surface area contributed by atoms with Crippen LogP contribution in [0.2, 0.25) is 0 Å². The zero-order valence-corrected chi connectivity index (χ0v) is 20.4. The van der Waals surface area contributed by atoms with Crippen molar-refractivity contribution in [2.24, 2.45) is 0 Å². The van der Waals surface area contributed by atoms with E-state index in [1.165, 1.54) is 18.8 Å². The van der Waals surface area contributed by atoms with Crippen LogP contribution in [0.25, 0.3) is 0 Å². The Hall–Kier alpha value is -2.12. The lowest BCUT2D eigenvalue weighted by atomic mass is 10.0. The van der Waals surface area contributed by atoms with E-state index in [2.05, 4.69) is 31.9 Å². The highest BCUT2D eigenvalue weighted by molar-refractivity contribution is 9.11. The number of aromatic hydroxyl groups is 1. The van der Waals surface area contributed by atoms with Gasteiger partial charge in [0, 0.05) is 24.8 Å². The van der Waals surface area contributed by atoms with Crippen LogP contribution in [-0.4, -0.2) is 27.7 Å². The molecule has 1 atom stereocenters. The molecule has 0 heterocycles. The molecule has 0 saturated carbocycles. The lowest BCUT2D eigenvalue weighted by Crippen LogP contribution is -1.98. The number of ether oxygens (including phenoxy) is 1. The van der Waals surface area contributed by atoms with Crippen molar-refractivity contribution in [1.82, 2.24) is 0 Å². The molecule has 31 heavy (non-hydrogen) atoms. The summed E-state index contributed by atoms with van der Waals surface area (Å²) in [5.74, 6) is 0.0157. The number of phenols is 1. The summed E-state index contributed by atoms with van der Waals surface area (Å²) >= 11 is 6.88. The molecule has 0 bridgehead atoms. The second-order valence-corrected chi connectivity index (χ2v) is 11.3. The highest BCUT2D eigenvalue weighted by Gasteiger charge is 2.16. The number of benzene rings is 3. The van der Waals surface area contributed by atoms with Crippen LogP contribution < -0.4 is 4.74 Å². The average molecular weight is 570 g/mol. The summed E-state index contributed by atoms with van der Waals surface area (Å²) in [7, 11) is -3.21. The average Bonchev–Trinajstić information content (AvgIpc) is 2.66. The van der Waals surface area contributed by atoms with Crippen LogP contribution in [0.15, 0.2) is 63.5 Å². The minimum absolute atomic E-state index is 0.0449. The number of rotatable bonds is 7. The van der Waals surface area contributed by atoms with Gasteiger partial charge in [-0.25, -0.2) is 4.79 Å². The maximum absolute atomic E-state index is 11.7. The van der Waals surface area contributed by atoms with Crippen LogP contribution in [-0.2, 0) is 17.1 Å². The Kier molecular flexibility index (Phi) is 7.27. The van der Waals surface area contributed by atoms with Crippen molar-refractivity contribution >= 4 is 45.2 Å². The molecule has 0 amide bonds. The van der Waals surface area contributed by atoms with Gasteiger partial charge in [-0.2, -0.15) is 0 Å². The number of hydrogen-bond donors (Lipinski definition) is 3. The summed E-state index contributed by atoms with van der Waals surface area (Å²) in [4.78, 5) is 20.8. The first-order chi connectivity index (χ1) is 14.5. The van der Waals surface area contributed by atoms with Crippen LogP contribution in [0.5, 0.6) is 17.2 Å². The number of carboxylic acid groups (broad SMARTS) is 1. The first kappa shape index (κ1) is 23.5. The van der Waals surface area contributed by atoms with Crippen molar-refractivity contribution in [3.8, 4) is 17.2 Å². The van der Waals surface area contributed by atoms with Gasteiger partial charge < -0.3 is 19.8 Å². The van der Waals surface area contributed by atoms with Crippen molar-refractivity contribution in [3.05, 3.63) is 85.8 Å². The molecule has 0 aliphatic carbocycles. The Balaban J connectivity index is 1.86. The van der Waals surface area contributed by atoms with Crippen LogP contribution in [0, 0.1) is 0 Å². The SMILES string of the molecule is CP(=O)(O)Cc1cc(Br)c(Oc2ccc(O)c(Cc3cccc(C(=O)O)c3)c2)c(Br)c1. The fourth-order valence-corrected chi connectivity index (χ4v) is 5.36. The molecule has 162 valence electrons. The summed E-state index contributed by atoms with van der Waals surface area (Å²) in [6, 6.07) is 14.8. The molecular weight excluding hydrogens is 551 g/mol. The van der Waals surface area contributed by atoms with Crippen LogP contribution in [0.4, 0.5) is 0 Å². The minimum Gasteiger partial charge on any atom is -0.508 e. The quantitative estimate of drug-likeness (QED) is 0.284. The number of carbonyl (C=O) groups is 1. The zero-order chi connectivity index (χ0) is 22.8. The van der Waals surface area contributed by atoms with E-state index >= 15 is 0 Å². The molecule has 0 aliphatic rings. The molecular formula is C22H19Br2O6P. The van der Waals surface area contributed by atoms with Gasteiger partial charge in [0.2, 0.25) is 7.37 Å². The van der Waals surface area contributed by atoms with E-state index in [0.29, 0.717) is 38.0 Å². The summed E-state index contributed by atoms with van der Waals surface area (Å²) in [5, 5.41) is 19.4. The summed E-state index contributed by atoms with van der Waals surface area (Å²) in [6.07, 6.45) is 0.372. The smallest absolute Gasteiger partial charge is 0.335 e. The second-order valence-electron chi connectivity index (χ2n) is 7.17. The van der Waals surface area contributed by atoms with Gasteiger partial charge in [0.15, 0.2) is 5.75 Å². The van der Waals surface area contributed by atoms with E-state index in [1.54, 1.807) is 42.5 Å². The first-order valence-electron chi connectivity index (χ1n) is 9.11. The van der Waals surface area contributed by atoms with Gasteiger partial charge in [-0.15, -0.1) is 0 Å². The third-order valence-electron chi connectivity index (χ3n) is 4.37. The van der Waals surface area contributed by atoms with Crippen LogP contribution in [0.1, 0.15) is 27.0 Å². The van der Waals surface area contributed by atoms with Crippen molar-refractivity contribution in [2.75, 3.05) is 6.66 Å². The van der Waals surface area contributed by atoms with Gasteiger partial charge in [-0.05, 0) is 85.5 Å². The highest BCUT2D eigenvalue weighted by atomic mass is 79.9. The molecule has 0 saturated heterocycles. The largest absolute Gasteiger partial charge is 0.508 e. The molecule has 3 aromatic carbocycles. The van der Waals surface area contributed by atoms with E-state index in [-0.39, 0.29) is 17.5 Å². The number of halogens is 2. The molecule has 0 aliphatic heterocycles. The summed E-state index contributed by atoms with van der Waals surface area (Å²) < 4.78 is 18.9. The standard InChI is InChI=1S/C22H19Br2O6P/c1-31(28,29)12-14-9-18(23)21(19(24)10-14)30-17-5-6-20(25)16(11-17)8-13-3-2-4-15(7-13)22(26)27/h2-7,9-11,25H,8,12H2,1H3,(H,26,27)(H,28,29). The molecule has 6 nitrogen and oxygen atoms in total. The Morgan fingerprint density at radius 1 is 1.03 bits per heavy atom. The van der Waals surface area contributed by atoms with Gasteiger partial charge >= 0.3 is 5.97 Å². The van der Waals surface area contributed by atoms with E-state index in [4.69, 9.17) is 9.84 Å². The molecule has 1 unspecified atom stereocenters. The van der Waals surface area contributed by atoms with Gasteiger partial charge in [-0.1, -0.05) is 12.1 Å². The van der Waals surface area contributed by atoms with Gasteiger partial charge in [0.1, 0.15) is 11.5 Å². The summed E-state index contributed by atoms with van der Waals surface area (Å²) in [5.41, 5.74) is 2.18. The molecule has 3 N–H and O–H groups in total. The maximum atomic E-state index is 11.7. The monoisotopic (exact) mass is 568 g/mol. The van der Waals surface area contributed by atoms with Gasteiger partial charge in [0.05, 0.1) is 14.5 Å².